The van der Waals surface area contributed by atoms with Crippen LogP contribution >= 0.6 is 0 Å². The van der Waals surface area contributed by atoms with Crippen LogP contribution in [0.5, 0.6) is 23.0 Å². The van der Waals surface area contributed by atoms with Gasteiger partial charge in [-0.05, 0) is 108 Å². The van der Waals surface area contributed by atoms with E-state index in [1.54, 1.807) is 12.1 Å². The lowest BCUT2D eigenvalue weighted by atomic mass is 10.0. The Bertz CT molecular complexity index is 3040. The van der Waals surface area contributed by atoms with Gasteiger partial charge in [0.15, 0.2) is 0 Å². The normalized spacial score (nSPS) is 11.9. The zero-order valence-corrected chi connectivity index (χ0v) is 39.5. The molecule has 4 N–H and O–H groups in total. The number of hydrogen-bond donors (Lipinski definition) is 4. The van der Waals surface area contributed by atoms with Crippen molar-refractivity contribution in [2.24, 2.45) is 4.99 Å². The fourth-order valence-electron chi connectivity index (χ4n) is 6.78. The molecule has 18 heteroatoms. The van der Waals surface area contributed by atoms with Crippen LogP contribution in [0.4, 0.5) is 30.2 Å². The van der Waals surface area contributed by atoms with Gasteiger partial charge >= 0.3 is 12.1 Å². The van der Waals surface area contributed by atoms with Gasteiger partial charge in [-0.25, -0.2) is 26.6 Å². The molecule has 6 aromatic carbocycles. The average Bonchev–Trinajstić information content (AvgIpc) is 3.91. The Labute approximate surface area is 407 Å². The molecule has 1 aliphatic rings. The summed E-state index contributed by atoms with van der Waals surface area (Å²) in [5, 5.41) is 7.12. The summed E-state index contributed by atoms with van der Waals surface area (Å²) in [5.41, 5.74) is 8.00. The summed E-state index contributed by atoms with van der Waals surface area (Å²) in [7, 11) is -6.64. The molecule has 0 radical (unpaired) electrons. The number of fused-ring (bicyclic) bond motifs is 2. The predicted octanol–water partition coefficient (Wildman–Crippen LogP) is 12.6. The molecule has 370 valence electrons. The first-order valence-corrected chi connectivity index (χ1v) is 25.4. The number of imidazole rings is 1. The first-order valence-electron chi connectivity index (χ1n) is 22.1. The summed E-state index contributed by atoms with van der Waals surface area (Å²) in [4.78, 5) is 21.5. The zero-order chi connectivity index (χ0) is 49.4. The second-order valence-corrected chi connectivity index (χ2v) is 19.6. The monoisotopic (exact) mass is 999 g/mol. The van der Waals surface area contributed by atoms with Crippen LogP contribution in [0.15, 0.2) is 151 Å². The third-order valence-electron chi connectivity index (χ3n) is 10.2. The smallest absolute Gasteiger partial charge is 0.475 e. The first kappa shape index (κ1) is 53.8. The van der Waals surface area contributed by atoms with Gasteiger partial charge in [-0.15, -0.1) is 0 Å². The number of aromatic nitrogens is 2. The third-order valence-corrected chi connectivity index (χ3v) is 12.9. The summed E-state index contributed by atoms with van der Waals surface area (Å²) in [6.45, 7) is 3.95. The standard InChI is InChI=1S/C25H26N2O3S.C24H25N3O3S.C2HF3O2.CH4/c1-2-3-15-31(28,29)27-21-12-11-20-17-22(26-25(20)18-21)16-19-9-13-24(14-10-19)30-23-7-5-4-6-8-23;1-2-3-15-31(28,29)27-19-11-14-22-23(17-19)26-24(25-22)16-18-9-12-21(13-10-18)30-20-7-5-4-6-8-20;3-2(4,5)1(6)7;/h4-14,18,27H,2-3,15-17H2,1H3;4-14,17,27H,2-3,15-16H2,1H3,(H,25,26);(H,6,7);1H4. The van der Waals surface area contributed by atoms with Crippen molar-refractivity contribution < 1.29 is 49.4 Å². The van der Waals surface area contributed by atoms with E-state index in [0.29, 0.717) is 30.6 Å². The lowest BCUT2D eigenvalue weighted by Crippen LogP contribution is -2.21. The van der Waals surface area contributed by atoms with E-state index in [2.05, 4.69) is 31.5 Å². The number of benzene rings is 6. The highest BCUT2D eigenvalue weighted by Crippen LogP contribution is 2.32. The molecule has 8 rings (SSSR count). The molecular formula is C52H56F3N5O8S2. The van der Waals surface area contributed by atoms with Crippen LogP contribution in [-0.2, 0) is 44.1 Å². The van der Waals surface area contributed by atoms with Crippen molar-refractivity contribution in [3.05, 3.63) is 168 Å². The molecule has 0 amide bonds. The summed E-state index contributed by atoms with van der Waals surface area (Å²) in [6, 6.07) is 46.3. The minimum atomic E-state index is -5.08. The lowest BCUT2D eigenvalue weighted by molar-refractivity contribution is -0.192. The fourth-order valence-corrected chi connectivity index (χ4v) is 9.29. The van der Waals surface area contributed by atoms with Crippen molar-refractivity contribution >= 4 is 59.8 Å². The van der Waals surface area contributed by atoms with Gasteiger partial charge in [0.05, 0.1) is 39.6 Å². The molecule has 13 nitrogen and oxygen atoms in total. The van der Waals surface area contributed by atoms with Crippen LogP contribution in [0.1, 0.15) is 69.5 Å². The van der Waals surface area contributed by atoms with Gasteiger partial charge < -0.3 is 19.6 Å². The molecule has 1 aliphatic heterocycles. The van der Waals surface area contributed by atoms with Crippen molar-refractivity contribution in [2.45, 2.75) is 72.4 Å². The Morgan fingerprint density at radius 1 is 0.657 bits per heavy atom. The van der Waals surface area contributed by atoms with Crippen molar-refractivity contribution in [3.63, 3.8) is 0 Å². The van der Waals surface area contributed by atoms with Crippen molar-refractivity contribution in [1.82, 2.24) is 9.97 Å². The van der Waals surface area contributed by atoms with Crippen molar-refractivity contribution in [1.29, 1.82) is 0 Å². The molecule has 0 fully saturated rings. The highest BCUT2D eigenvalue weighted by molar-refractivity contribution is 7.92. The summed E-state index contributed by atoms with van der Waals surface area (Å²) in [6.07, 6.45) is 0.0518. The maximum absolute atomic E-state index is 12.2. The van der Waals surface area contributed by atoms with E-state index in [9.17, 15) is 30.0 Å². The maximum Gasteiger partial charge on any atom is 0.490 e. The van der Waals surface area contributed by atoms with E-state index in [1.807, 2.05) is 135 Å². The van der Waals surface area contributed by atoms with Crippen LogP contribution in [0, 0.1) is 0 Å². The number of carbonyl (C=O) groups is 1. The van der Waals surface area contributed by atoms with E-state index in [1.165, 1.54) is 0 Å². The number of alkyl halides is 3. The second-order valence-electron chi connectivity index (χ2n) is 15.9. The van der Waals surface area contributed by atoms with Gasteiger partial charge in [0, 0.05) is 25.0 Å². The number of unbranched alkanes of at least 4 members (excludes halogenated alkanes) is 2. The number of rotatable bonds is 18. The molecule has 0 saturated heterocycles. The Balaban J connectivity index is 0.000000227. The predicted molar refractivity (Wildman–Crippen MR) is 271 cm³/mol. The Hall–Kier alpha value is -7.18. The van der Waals surface area contributed by atoms with Gasteiger partial charge in [-0.2, -0.15) is 13.2 Å². The quantitative estimate of drug-likeness (QED) is 0.0648. The van der Waals surface area contributed by atoms with E-state index < -0.39 is 32.2 Å². The number of carboxylic acids is 1. The number of anilines is 2. The van der Waals surface area contributed by atoms with Crippen LogP contribution in [0.3, 0.4) is 0 Å². The Morgan fingerprint density at radius 2 is 1.11 bits per heavy atom. The molecule has 7 aromatic rings. The molecule has 70 heavy (non-hydrogen) atoms. The molecule has 0 bridgehead atoms. The summed E-state index contributed by atoms with van der Waals surface area (Å²) >= 11 is 0. The van der Waals surface area contributed by atoms with E-state index in [-0.39, 0.29) is 18.9 Å². The van der Waals surface area contributed by atoms with Gasteiger partial charge in [-0.1, -0.05) is 101 Å². The number of para-hydroxylation sites is 2. The van der Waals surface area contributed by atoms with Gasteiger partial charge in [0.1, 0.15) is 28.8 Å². The molecule has 2 heterocycles. The van der Waals surface area contributed by atoms with E-state index >= 15 is 0 Å². The van der Waals surface area contributed by atoms with Crippen molar-refractivity contribution in [2.75, 3.05) is 20.9 Å². The SMILES string of the molecule is C.CCCCS(=O)(=O)Nc1ccc2c(c1)N=C(Cc1ccc(Oc3ccccc3)cc1)C2.CCCCS(=O)(=O)Nc1ccc2nc(Cc3ccc(Oc4ccccc4)cc3)[nH]c2c1.O=C(O)C(F)(F)F. The first-order chi connectivity index (χ1) is 33.0. The summed E-state index contributed by atoms with van der Waals surface area (Å²) in [5.74, 6) is 1.51. The molecule has 0 aliphatic carbocycles. The van der Waals surface area contributed by atoms with Crippen LogP contribution in [0.2, 0.25) is 0 Å². The Morgan fingerprint density at radius 3 is 1.60 bits per heavy atom. The van der Waals surface area contributed by atoms with Crippen LogP contribution in [-0.4, -0.2) is 61.3 Å². The largest absolute Gasteiger partial charge is 0.490 e. The number of nitrogens with zero attached hydrogens (tertiary/aromatic N) is 2. The minimum Gasteiger partial charge on any atom is -0.475 e. The van der Waals surface area contributed by atoms with Crippen LogP contribution in [0.25, 0.3) is 11.0 Å². The number of nitrogens with one attached hydrogen (secondary N) is 3. The number of carboxylic acid groups (broad SMARTS) is 1. The molecule has 0 saturated carbocycles. The highest BCUT2D eigenvalue weighted by Gasteiger charge is 2.38. The lowest BCUT2D eigenvalue weighted by Gasteiger charge is -2.08. The second kappa shape index (κ2) is 24.9. The number of halogens is 3. The topological polar surface area (TPSA) is 189 Å². The molecule has 0 atom stereocenters. The fraction of sp³-hybridized carbons (Fsp3) is 0.250. The van der Waals surface area contributed by atoms with Gasteiger partial charge in [0.2, 0.25) is 20.0 Å². The van der Waals surface area contributed by atoms with Gasteiger partial charge in [0.25, 0.3) is 0 Å². The van der Waals surface area contributed by atoms with E-state index in [0.717, 1.165) is 93.6 Å². The summed E-state index contributed by atoms with van der Waals surface area (Å²) < 4.78 is 97.3. The molecule has 0 unspecified atom stereocenters. The number of hydrogen-bond acceptors (Lipinski definition) is 9. The Kier molecular flexibility index (Phi) is 19.1. The number of aromatic amines is 1. The zero-order valence-electron chi connectivity index (χ0n) is 37.9. The number of H-pyrrole nitrogens is 1. The number of ether oxygens (including phenoxy) is 2. The molecule has 1 aromatic heterocycles. The third kappa shape index (κ3) is 17.1. The molecular weight excluding hydrogens is 944 g/mol. The number of aliphatic carboxylic acids is 1. The number of sulfonamides is 2. The van der Waals surface area contributed by atoms with E-state index in [4.69, 9.17) is 24.4 Å². The van der Waals surface area contributed by atoms with Crippen molar-refractivity contribution in [3.8, 4) is 23.0 Å². The highest BCUT2D eigenvalue weighted by atomic mass is 32.2. The minimum absolute atomic E-state index is 0. The number of aliphatic imine (C=N–C) groups is 1. The van der Waals surface area contributed by atoms with Gasteiger partial charge in [-0.3, -0.25) is 14.4 Å². The maximum atomic E-state index is 12.2. The average molecular weight is 1000 g/mol. The van der Waals surface area contributed by atoms with Crippen LogP contribution < -0.4 is 18.9 Å². The molecule has 0 spiro atoms.